The van der Waals surface area contributed by atoms with Crippen LogP contribution in [-0.4, -0.2) is 77.0 Å². The van der Waals surface area contributed by atoms with Crippen molar-refractivity contribution < 1.29 is 18.8 Å². The van der Waals surface area contributed by atoms with Crippen LogP contribution in [0.2, 0.25) is 0 Å². The highest BCUT2D eigenvalue weighted by Crippen LogP contribution is 2.21. The smallest absolute Gasteiger partial charge is 0.286 e. The molecule has 0 saturated carbocycles. The van der Waals surface area contributed by atoms with E-state index >= 15 is 0 Å². The van der Waals surface area contributed by atoms with Gasteiger partial charge in [0.1, 0.15) is 5.82 Å². The topological polar surface area (TPSA) is 108 Å². The van der Waals surface area contributed by atoms with Gasteiger partial charge in [0.05, 0.1) is 5.92 Å². The van der Waals surface area contributed by atoms with Crippen LogP contribution in [0.1, 0.15) is 52.7 Å². The van der Waals surface area contributed by atoms with Crippen LogP contribution in [0.25, 0.3) is 0 Å². The third-order valence-electron chi connectivity index (χ3n) is 5.83. The Morgan fingerprint density at radius 3 is 2.56 bits per heavy atom. The molecule has 1 aromatic heterocycles. The lowest BCUT2D eigenvalue weighted by Crippen LogP contribution is -2.45. The molecule has 0 radical (unpaired) electrons. The molecule has 3 rings (SSSR count). The Labute approximate surface area is 202 Å². The summed E-state index contributed by atoms with van der Waals surface area (Å²) in [6.07, 6.45) is 2.34. The second kappa shape index (κ2) is 12.5. The molecular weight excluding hydrogens is 459 g/mol. The summed E-state index contributed by atoms with van der Waals surface area (Å²) < 4.78 is 13.0. The predicted octanol–water partition coefficient (Wildman–Crippen LogP) is 2.63. The molecule has 0 aliphatic carbocycles. The van der Waals surface area contributed by atoms with Crippen molar-refractivity contribution in [2.45, 2.75) is 33.1 Å². The van der Waals surface area contributed by atoms with Gasteiger partial charge >= 0.3 is 0 Å². The average molecular weight is 491 g/mol. The Hall–Kier alpha value is -2.92. The number of anilines is 1. The van der Waals surface area contributed by atoms with Crippen LogP contribution in [0.15, 0.2) is 24.3 Å². The number of hydrogen-bond acceptors (Lipinski definition) is 7. The lowest BCUT2D eigenvalue weighted by atomic mass is 9.97. The Bertz CT molecular complexity index is 979. The highest BCUT2D eigenvalue weighted by Gasteiger charge is 2.30. The van der Waals surface area contributed by atoms with Crippen LogP contribution in [-0.2, 0) is 4.79 Å². The fraction of sp³-hybridized carbons (Fsp3) is 0.522. The van der Waals surface area contributed by atoms with Gasteiger partial charge in [0.15, 0.2) is 0 Å². The van der Waals surface area contributed by atoms with Gasteiger partial charge in [0, 0.05) is 25.3 Å². The summed E-state index contributed by atoms with van der Waals surface area (Å²) in [5.41, 5.74) is 0.413. The molecule has 3 amide bonds. The SMILES string of the molecule is CCN(CC)CCCNC(=O)[C@H]1CCCN(C(=O)c2nnc(C(=O)Nc3ccc(F)cc3)s2)C1. The average Bonchev–Trinajstić information content (AvgIpc) is 3.35. The van der Waals surface area contributed by atoms with Crippen LogP contribution in [0.4, 0.5) is 10.1 Å². The van der Waals surface area contributed by atoms with Gasteiger partial charge in [0.2, 0.25) is 15.9 Å². The maximum Gasteiger partial charge on any atom is 0.286 e. The highest BCUT2D eigenvalue weighted by atomic mass is 32.1. The van der Waals surface area contributed by atoms with Gasteiger partial charge in [-0.25, -0.2) is 4.39 Å². The molecule has 0 unspecified atom stereocenters. The van der Waals surface area contributed by atoms with E-state index in [1.165, 1.54) is 24.3 Å². The maximum absolute atomic E-state index is 13.0. The zero-order valence-corrected chi connectivity index (χ0v) is 20.4. The summed E-state index contributed by atoms with van der Waals surface area (Å²) in [6, 6.07) is 5.34. The van der Waals surface area contributed by atoms with Crippen LogP contribution >= 0.6 is 11.3 Å². The number of nitrogens with one attached hydrogen (secondary N) is 2. The van der Waals surface area contributed by atoms with Crippen molar-refractivity contribution in [3.63, 3.8) is 0 Å². The van der Waals surface area contributed by atoms with Gasteiger partial charge < -0.3 is 20.4 Å². The first-order valence-electron chi connectivity index (χ1n) is 11.6. The largest absolute Gasteiger partial charge is 0.356 e. The van der Waals surface area contributed by atoms with Crippen molar-refractivity contribution in [3.05, 3.63) is 40.1 Å². The number of likely N-dealkylation sites (tertiary alicyclic amines) is 1. The Morgan fingerprint density at radius 1 is 1.15 bits per heavy atom. The Balaban J connectivity index is 1.50. The Morgan fingerprint density at radius 2 is 1.85 bits per heavy atom. The second-order valence-corrected chi connectivity index (χ2v) is 9.11. The molecule has 1 aliphatic heterocycles. The molecule has 2 aromatic rings. The summed E-state index contributed by atoms with van der Waals surface area (Å²) in [6.45, 7) is 8.62. The maximum atomic E-state index is 13.0. The standard InChI is InChI=1S/C23H31FN6O3S/c1-3-29(4-2)13-6-12-25-19(31)16-7-5-14-30(15-16)23(33)22-28-27-21(34-22)20(32)26-18-10-8-17(24)9-11-18/h8-11,16H,3-7,12-15H2,1-2H3,(H,25,31)(H,26,32)/t16-/m0/s1. The summed E-state index contributed by atoms with van der Waals surface area (Å²) >= 11 is 0.894. The summed E-state index contributed by atoms with van der Waals surface area (Å²) in [5, 5.41) is 13.4. The van der Waals surface area contributed by atoms with Gasteiger partial charge in [-0.05, 0) is 63.2 Å². The number of rotatable bonds is 10. The lowest BCUT2D eigenvalue weighted by molar-refractivity contribution is -0.126. The molecule has 2 N–H and O–H groups in total. The molecule has 34 heavy (non-hydrogen) atoms. The van der Waals surface area contributed by atoms with Crippen LogP contribution in [0.3, 0.4) is 0 Å². The molecule has 0 bridgehead atoms. The molecule has 11 heteroatoms. The number of carbonyl (C=O) groups excluding carboxylic acids is 3. The molecule has 0 spiro atoms. The van der Waals surface area contributed by atoms with Crippen LogP contribution in [0.5, 0.6) is 0 Å². The number of hydrogen-bond donors (Lipinski definition) is 2. The van der Waals surface area contributed by atoms with Crippen LogP contribution in [0, 0.1) is 11.7 Å². The summed E-state index contributed by atoms with van der Waals surface area (Å²) in [7, 11) is 0. The number of carbonyl (C=O) groups is 3. The van der Waals surface area contributed by atoms with E-state index in [0.29, 0.717) is 25.3 Å². The number of nitrogens with zero attached hydrogens (tertiary/aromatic N) is 4. The van der Waals surface area contributed by atoms with Crippen molar-refractivity contribution in [1.82, 2.24) is 25.3 Å². The van der Waals surface area contributed by atoms with E-state index in [1.807, 2.05) is 0 Å². The Kier molecular flexibility index (Phi) is 9.46. The van der Waals surface area contributed by atoms with Crippen molar-refractivity contribution >= 4 is 34.7 Å². The van der Waals surface area contributed by atoms with Gasteiger partial charge in [-0.3, -0.25) is 14.4 Å². The third-order valence-corrected chi connectivity index (χ3v) is 6.74. The fourth-order valence-corrected chi connectivity index (χ4v) is 4.54. The molecule has 1 atom stereocenters. The van der Waals surface area contributed by atoms with E-state index in [-0.39, 0.29) is 27.7 Å². The van der Waals surface area contributed by atoms with Crippen molar-refractivity contribution in [1.29, 1.82) is 0 Å². The zero-order chi connectivity index (χ0) is 24.5. The first-order chi connectivity index (χ1) is 16.4. The normalized spacial score (nSPS) is 15.9. The van der Waals surface area contributed by atoms with E-state index in [1.54, 1.807) is 4.90 Å². The molecule has 1 fully saturated rings. The zero-order valence-electron chi connectivity index (χ0n) is 19.6. The van der Waals surface area contributed by atoms with Crippen molar-refractivity contribution in [2.24, 2.45) is 5.92 Å². The van der Waals surface area contributed by atoms with E-state index in [2.05, 4.69) is 39.6 Å². The van der Waals surface area contributed by atoms with Gasteiger partial charge in [-0.2, -0.15) is 0 Å². The van der Waals surface area contributed by atoms with Gasteiger partial charge in [0.25, 0.3) is 11.8 Å². The monoisotopic (exact) mass is 490 g/mol. The van der Waals surface area contributed by atoms with E-state index < -0.39 is 11.7 Å². The number of piperidine rings is 1. The highest BCUT2D eigenvalue weighted by molar-refractivity contribution is 7.15. The quantitative estimate of drug-likeness (QED) is 0.496. The number of halogens is 1. The van der Waals surface area contributed by atoms with E-state index in [9.17, 15) is 18.8 Å². The van der Waals surface area contributed by atoms with Crippen molar-refractivity contribution in [3.8, 4) is 0 Å². The lowest BCUT2D eigenvalue weighted by Gasteiger charge is -2.31. The molecule has 9 nitrogen and oxygen atoms in total. The van der Waals surface area contributed by atoms with Gasteiger partial charge in [-0.15, -0.1) is 10.2 Å². The number of amides is 3. The second-order valence-electron chi connectivity index (χ2n) is 8.14. The third kappa shape index (κ3) is 7.04. The molecule has 184 valence electrons. The summed E-state index contributed by atoms with van der Waals surface area (Å²) in [5.74, 6) is -1.56. The minimum absolute atomic E-state index is 0.0336. The van der Waals surface area contributed by atoms with E-state index in [4.69, 9.17) is 0 Å². The number of aromatic nitrogens is 2. The molecular formula is C23H31FN6O3S. The first-order valence-corrected chi connectivity index (χ1v) is 12.4. The molecule has 1 aromatic carbocycles. The molecule has 1 saturated heterocycles. The molecule has 1 aliphatic rings. The first kappa shape index (κ1) is 25.7. The van der Waals surface area contributed by atoms with Crippen molar-refractivity contribution in [2.75, 3.05) is 44.6 Å². The minimum Gasteiger partial charge on any atom is -0.356 e. The van der Waals surface area contributed by atoms with E-state index in [0.717, 1.165) is 50.2 Å². The minimum atomic E-state index is -0.524. The molecule has 2 heterocycles. The van der Waals surface area contributed by atoms with Gasteiger partial charge in [-0.1, -0.05) is 25.2 Å². The van der Waals surface area contributed by atoms with Crippen LogP contribution < -0.4 is 10.6 Å². The number of benzene rings is 1. The summed E-state index contributed by atoms with van der Waals surface area (Å²) in [4.78, 5) is 41.8. The predicted molar refractivity (Wildman–Crippen MR) is 128 cm³/mol. The fourth-order valence-electron chi connectivity index (χ4n) is 3.83.